The van der Waals surface area contributed by atoms with Gasteiger partial charge in [0, 0.05) is 24.0 Å². The predicted molar refractivity (Wildman–Crippen MR) is 90.0 cm³/mol. The molecule has 9 heteroatoms. The first-order chi connectivity index (χ1) is 11.6. The molecule has 2 saturated heterocycles. The van der Waals surface area contributed by atoms with Crippen molar-refractivity contribution in [3.05, 3.63) is 0 Å². The predicted octanol–water partition coefficient (Wildman–Crippen LogP) is 0.320. The highest BCUT2D eigenvalue weighted by Gasteiger charge is 2.42. The molecule has 0 unspecified atom stereocenters. The number of hydrogen-bond donors (Lipinski definition) is 4. The molecule has 2 aliphatic rings. The Hall–Kier alpha value is -1.48. The number of ether oxygens (including phenoxy) is 1. The van der Waals surface area contributed by atoms with Gasteiger partial charge in [0.15, 0.2) is 0 Å². The Kier molecular flexibility index (Phi) is 7.64. The van der Waals surface area contributed by atoms with Crippen LogP contribution in [0.25, 0.3) is 0 Å². The third-order valence-corrected chi connectivity index (χ3v) is 5.62. The van der Waals surface area contributed by atoms with Crippen LogP contribution in [0.2, 0.25) is 0 Å². The maximum atomic E-state index is 11.7. The average Bonchev–Trinajstić information content (AvgIpc) is 3.06. The van der Waals surface area contributed by atoms with Gasteiger partial charge in [0.1, 0.15) is 0 Å². The molecule has 0 radical (unpaired) electrons. The first kappa shape index (κ1) is 18.9. The zero-order valence-corrected chi connectivity index (χ0v) is 14.4. The van der Waals surface area contributed by atoms with Crippen molar-refractivity contribution >= 4 is 29.7 Å². The van der Waals surface area contributed by atoms with Crippen molar-refractivity contribution in [3.8, 4) is 0 Å². The summed E-state index contributed by atoms with van der Waals surface area (Å²) in [5.41, 5.74) is 0. The summed E-state index contributed by atoms with van der Waals surface area (Å²) in [6, 6.07) is 0.399. The quantitative estimate of drug-likeness (QED) is 0.312. The standard InChI is InChI=1S/C15H25N3O5S/c19-12(16-6-8-23-7-5-13(20)21)4-2-1-3-11-14-10(9-24-11)17-15(22)18-14/h10-11,14H,1-9H2,(H,16,19)(H,20,21)(H2,17,18,22)/t10-,11-,14-/m0/s1. The number of nitrogens with one attached hydrogen (secondary N) is 3. The second-order valence-corrected chi connectivity index (χ2v) is 7.25. The maximum absolute atomic E-state index is 11.7. The van der Waals surface area contributed by atoms with Gasteiger partial charge in [-0.25, -0.2) is 4.79 Å². The number of thioether (sulfide) groups is 1. The fourth-order valence-corrected chi connectivity index (χ4v) is 4.43. The van der Waals surface area contributed by atoms with Crippen LogP contribution in [0.1, 0.15) is 32.1 Å². The van der Waals surface area contributed by atoms with Gasteiger partial charge in [-0.05, 0) is 12.8 Å². The van der Waals surface area contributed by atoms with Crippen LogP contribution in [-0.2, 0) is 14.3 Å². The number of amides is 3. The van der Waals surface area contributed by atoms with E-state index in [4.69, 9.17) is 9.84 Å². The van der Waals surface area contributed by atoms with Gasteiger partial charge in [-0.2, -0.15) is 11.8 Å². The molecular weight excluding hydrogens is 334 g/mol. The van der Waals surface area contributed by atoms with Crippen molar-refractivity contribution < 1.29 is 24.2 Å². The fraction of sp³-hybridized carbons (Fsp3) is 0.800. The number of carboxylic acid groups (broad SMARTS) is 1. The molecule has 2 rings (SSSR count). The second-order valence-electron chi connectivity index (χ2n) is 5.97. The molecule has 0 aromatic carbocycles. The number of carbonyl (C=O) groups excluding carboxylic acids is 2. The van der Waals surface area contributed by atoms with Gasteiger partial charge in [0.25, 0.3) is 0 Å². The van der Waals surface area contributed by atoms with Crippen molar-refractivity contribution in [2.75, 3.05) is 25.5 Å². The molecule has 0 saturated carbocycles. The normalized spacial score (nSPS) is 25.0. The molecule has 2 aliphatic heterocycles. The number of carboxylic acids is 1. The number of carbonyl (C=O) groups is 3. The number of aliphatic carboxylic acids is 1. The van der Waals surface area contributed by atoms with Crippen LogP contribution in [0.5, 0.6) is 0 Å². The lowest BCUT2D eigenvalue weighted by Crippen LogP contribution is -2.36. The smallest absolute Gasteiger partial charge is 0.315 e. The van der Waals surface area contributed by atoms with Crippen LogP contribution in [0, 0.1) is 0 Å². The number of urea groups is 1. The Morgan fingerprint density at radius 3 is 2.88 bits per heavy atom. The van der Waals surface area contributed by atoms with Gasteiger partial charge in [-0.3, -0.25) is 9.59 Å². The van der Waals surface area contributed by atoms with Crippen molar-refractivity contribution in [1.29, 1.82) is 0 Å². The summed E-state index contributed by atoms with van der Waals surface area (Å²) in [7, 11) is 0. The van der Waals surface area contributed by atoms with E-state index in [2.05, 4.69) is 16.0 Å². The Labute approximate surface area is 145 Å². The van der Waals surface area contributed by atoms with Crippen molar-refractivity contribution in [2.24, 2.45) is 0 Å². The lowest BCUT2D eigenvalue weighted by atomic mass is 10.0. The molecule has 136 valence electrons. The third-order valence-electron chi connectivity index (χ3n) is 4.11. The largest absolute Gasteiger partial charge is 0.481 e. The molecular formula is C15H25N3O5S. The summed E-state index contributed by atoms with van der Waals surface area (Å²) in [5, 5.41) is 17.5. The van der Waals surface area contributed by atoms with E-state index in [0.29, 0.717) is 24.8 Å². The summed E-state index contributed by atoms with van der Waals surface area (Å²) >= 11 is 1.88. The van der Waals surface area contributed by atoms with Crippen LogP contribution in [0.15, 0.2) is 0 Å². The maximum Gasteiger partial charge on any atom is 0.315 e. The summed E-state index contributed by atoms with van der Waals surface area (Å²) in [6.07, 6.45) is 3.23. The van der Waals surface area contributed by atoms with Gasteiger partial charge < -0.3 is 25.8 Å². The van der Waals surface area contributed by atoms with Gasteiger partial charge >= 0.3 is 12.0 Å². The van der Waals surface area contributed by atoms with E-state index >= 15 is 0 Å². The molecule has 2 heterocycles. The number of fused-ring (bicyclic) bond motifs is 1. The highest BCUT2D eigenvalue weighted by atomic mass is 32.2. The van der Waals surface area contributed by atoms with E-state index in [9.17, 15) is 14.4 Å². The van der Waals surface area contributed by atoms with E-state index in [0.717, 1.165) is 25.0 Å². The van der Waals surface area contributed by atoms with E-state index in [1.54, 1.807) is 0 Å². The van der Waals surface area contributed by atoms with E-state index < -0.39 is 5.97 Å². The molecule has 0 spiro atoms. The SMILES string of the molecule is O=C(O)CCOCCNC(=O)CCCC[C@@H]1SC[C@@H]2NC(=O)N[C@@H]21. The Bertz CT molecular complexity index is 462. The number of rotatable bonds is 11. The fourth-order valence-electron chi connectivity index (χ4n) is 2.89. The summed E-state index contributed by atoms with van der Waals surface area (Å²) in [6.45, 7) is 0.893. The lowest BCUT2D eigenvalue weighted by Gasteiger charge is -2.16. The lowest BCUT2D eigenvalue weighted by molar-refractivity contribution is -0.138. The molecule has 8 nitrogen and oxygen atoms in total. The van der Waals surface area contributed by atoms with Crippen LogP contribution in [0.4, 0.5) is 4.79 Å². The number of unbranched alkanes of at least 4 members (excludes halogenated alkanes) is 1. The van der Waals surface area contributed by atoms with Crippen molar-refractivity contribution in [1.82, 2.24) is 16.0 Å². The Morgan fingerprint density at radius 1 is 1.25 bits per heavy atom. The molecule has 3 amide bonds. The monoisotopic (exact) mass is 359 g/mol. The molecule has 2 fully saturated rings. The summed E-state index contributed by atoms with van der Waals surface area (Å²) in [4.78, 5) is 33.3. The van der Waals surface area contributed by atoms with Crippen LogP contribution in [0.3, 0.4) is 0 Å². The minimum Gasteiger partial charge on any atom is -0.481 e. The van der Waals surface area contributed by atoms with E-state index in [-0.39, 0.29) is 37.0 Å². The number of hydrogen-bond acceptors (Lipinski definition) is 5. The highest BCUT2D eigenvalue weighted by molar-refractivity contribution is 8.00. The average molecular weight is 359 g/mol. The Morgan fingerprint density at radius 2 is 2.08 bits per heavy atom. The second kappa shape index (κ2) is 9.73. The van der Waals surface area contributed by atoms with Gasteiger partial charge in [0.05, 0.1) is 31.7 Å². The van der Waals surface area contributed by atoms with Crippen LogP contribution in [-0.4, -0.2) is 65.9 Å². The van der Waals surface area contributed by atoms with Crippen molar-refractivity contribution in [2.45, 2.75) is 49.4 Å². The van der Waals surface area contributed by atoms with Gasteiger partial charge in [-0.1, -0.05) is 6.42 Å². The minimum absolute atomic E-state index is 0.00961. The first-order valence-corrected chi connectivity index (χ1v) is 9.36. The molecule has 3 atom stereocenters. The third kappa shape index (κ3) is 6.20. The van der Waals surface area contributed by atoms with Crippen LogP contribution < -0.4 is 16.0 Å². The molecule has 0 aromatic rings. The van der Waals surface area contributed by atoms with Gasteiger partial charge in [-0.15, -0.1) is 0 Å². The molecule has 24 heavy (non-hydrogen) atoms. The topological polar surface area (TPSA) is 117 Å². The highest BCUT2D eigenvalue weighted by Crippen LogP contribution is 2.33. The molecule has 4 N–H and O–H groups in total. The summed E-state index contributed by atoms with van der Waals surface area (Å²) in [5.74, 6) is 0.0551. The zero-order chi connectivity index (χ0) is 17.4. The minimum atomic E-state index is -0.890. The van der Waals surface area contributed by atoms with Crippen LogP contribution >= 0.6 is 11.8 Å². The zero-order valence-electron chi connectivity index (χ0n) is 13.6. The molecule has 0 bridgehead atoms. The first-order valence-electron chi connectivity index (χ1n) is 8.31. The molecule has 0 aliphatic carbocycles. The molecule has 0 aromatic heterocycles. The van der Waals surface area contributed by atoms with Crippen molar-refractivity contribution in [3.63, 3.8) is 0 Å². The summed E-state index contributed by atoms with van der Waals surface area (Å²) < 4.78 is 5.10. The van der Waals surface area contributed by atoms with Gasteiger partial charge in [0.2, 0.25) is 5.91 Å². The van der Waals surface area contributed by atoms with E-state index in [1.807, 2.05) is 11.8 Å². The van der Waals surface area contributed by atoms with E-state index in [1.165, 1.54) is 0 Å². The Balaban J connectivity index is 1.45.